The van der Waals surface area contributed by atoms with Gasteiger partial charge in [-0.15, -0.1) is 5.10 Å². The van der Waals surface area contributed by atoms with Crippen molar-refractivity contribution in [2.45, 2.75) is 19.4 Å². The molecule has 2 aromatic carbocycles. The van der Waals surface area contributed by atoms with Crippen molar-refractivity contribution < 1.29 is 4.79 Å². The van der Waals surface area contributed by atoms with Gasteiger partial charge in [-0.2, -0.15) is 0 Å². The Kier molecular flexibility index (Phi) is 5.21. The highest BCUT2D eigenvalue weighted by Gasteiger charge is 2.26. The Hall–Kier alpha value is -3.52. The second kappa shape index (κ2) is 8.31. The Morgan fingerprint density at radius 2 is 2.10 bits per heavy atom. The lowest BCUT2D eigenvalue weighted by molar-refractivity contribution is -0.121. The Morgan fingerprint density at radius 1 is 1.19 bits per heavy atom. The van der Waals surface area contributed by atoms with E-state index in [-0.39, 0.29) is 11.8 Å². The van der Waals surface area contributed by atoms with Crippen molar-refractivity contribution in [3.05, 3.63) is 66.6 Å². The molecule has 0 bridgehead atoms. The molecule has 0 aliphatic carbocycles. The van der Waals surface area contributed by atoms with Gasteiger partial charge < -0.3 is 9.88 Å². The number of hydrogen-bond donors (Lipinski definition) is 1. The van der Waals surface area contributed by atoms with Crippen LogP contribution in [-0.4, -0.2) is 48.7 Å². The first-order valence-electron chi connectivity index (χ1n) is 10.6. The van der Waals surface area contributed by atoms with Crippen LogP contribution in [0.3, 0.4) is 0 Å². The molecule has 1 amide bonds. The number of tetrazole rings is 1. The van der Waals surface area contributed by atoms with E-state index in [0.29, 0.717) is 0 Å². The first-order valence-corrected chi connectivity index (χ1v) is 10.6. The molecule has 1 aliphatic heterocycles. The second-order valence-electron chi connectivity index (χ2n) is 8.15. The summed E-state index contributed by atoms with van der Waals surface area (Å²) in [6.07, 6.45) is 5.67. The molecule has 1 fully saturated rings. The standard InChI is InChI=1S/C23H25N7O/c1-28-13-18(21-9-2-3-10-22(21)28)15-29-11-5-6-17(14-29)23(31)25-19-7-4-8-20(12-19)30-16-24-26-27-30/h2-4,7-10,12-13,16-17H,5-6,11,14-15H2,1H3,(H,25,31). The molecule has 8 heteroatoms. The van der Waals surface area contributed by atoms with Crippen LogP contribution in [0.4, 0.5) is 5.69 Å². The zero-order valence-electron chi connectivity index (χ0n) is 17.5. The summed E-state index contributed by atoms with van der Waals surface area (Å²) in [7, 11) is 2.09. The molecule has 5 rings (SSSR count). The van der Waals surface area contributed by atoms with Crippen molar-refractivity contribution >= 4 is 22.5 Å². The average molecular weight is 416 g/mol. The minimum Gasteiger partial charge on any atom is -0.350 e. The van der Waals surface area contributed by atoms with Crippen LogP contribution >= 0.6 is 0 Å². The summed E-state index contributed by atoms with van der Waals surface area (Å²) in [5, 5.41) is 15.6. The van der Waals surface area contributed by atoms with Crippen LogP contribution in [0.2, 0.25) is 0 Å². The number of aromatic nitrogens is 5. The number of likely N-dealkylation sites (tertiary alicyclic amines) is 1. The van der Waals surface area contributed by atoms with E-state index in [1.54, 1.807) is 4.68 Å². The van der Waals surface area contributed by atoms with Crippen LogP contribution < -0.4 is 5.32 Å². The van der Waals surface area contributed by atoms with Crippen LogP contribution in [0.25, 0.3) is 16.6 Å². The molecule has 0 spiro atoms. The van der Waals surface area contributed by atoms with E-state index in [1.165, 1.54) is 22.8 Å². The zero-order chi connectivity index (χ0) is 21.2. The van der Waals surface area contributed by atoms with Gasteiger partial charge in [0.2, 0.25) is 5.91 Å². The van der Waals surface area contributed by atoms with Gasteiger partial charge in [-0.25, -0.2) is 4.68 Å². The highest BCUT2D eigenvalue weighted by Crippen LogP contribution is 2.25. The number of piperidine rings is 1. The van der Waals surface area contributed by atoms with Gasteiger partial charge in [-0.1, -0.05) is 24.3 Å². The molecular formula is C23H25N7O. The number of nitrogens with one attached hydrogen (secondary N) is 1. The zero-order valence-corrected chi connectivity index (χ0v) is 17.5. The number of fused-ring (bicyclic) bond motifs is 1. The number of carbonyl (C=O) groups excluding carboxylic acids is 1. The first-order chi connectivity index (χ1) is 15.2. The van der Waals surface area contributed by atoms with Gasteiger partial charge in [0, 0.05) is 42.9 Å². The van der Waals surface area contributed by atoms with E-state index in [9.17, 15) is 4.79 Å². The Bertz CT molecular complexity index is 1200. The van der Waals surface area contributed by atoms with Gasteiger partial charge in [0.15, 0.2) is 0 Å². The van der Waals surface area contributed by atoms with Crippen molar-refractivity contribution in [1.82, 2.24) is 29.7 Å². The third-order valence-electron chi connectivity index (χ3n) is 5.98. The van der Waals surface area contributed by atoms with E-state index in [2.05, 4.69) is 67.8 Å². The maximum Gasteiger partial charge on any atom is 0.228 e. The minimum absolute atomic E-state index is 0.0274. The fraction of sp³-hybridized carbons (Fsp3) is 0.304. The molecular weight excluding hydrogens is 390 g/mol. The number of anilines is 1. The fourth-order valence-electron chi connectivity index (χ4n) is 4.46. The summed E-state index contributed by atoms with van der Waals surface area (Å²) in [6.45, 7) is 2.64. The lowest BCUT2D eigenvalue weighted by atomic mass is 9.96. The molecule has 1 unspecified atom stereocenters. The molecule has 4 aromatic rings. The predicted molar refractivity (Wildman–Crippen MR) is 119 cm³/mol. The quantitative estimate of drug-likeness (QED) is 0.542. The molecule has 1 N–H and O–H groups in total. The minimum atomic E-state index is -0.0274. The van der Waals surface area contributed by atoms with E-state index < -0.39 is 0 Å². The molecule has 0 radical (unpaired) electrons. The number of amides is 1. The van der Waals surface area contributed by atoms with Crippen LogP contribution in [0.1, 0.15) is 18.4 Å². The molecule has 1 atom stereocenters. The molecule has 1 saturated heterocycles. The fourth-order valence-corrected chi connectivity index (χ4v) is 4.46. The van der Waals surface area contributed by atoms with Gasteiger partial charge in [0.25, 0.3) is 0 Å². The van der Waals surface area contributed by atoms with Crippen LogP contribution in [0.5, 0.6) is 0 Å². The van der Waals surface area contributed by atoms with E-state index in [1.807, 2.05) is 24.3 Å². The number of benzene rings is 2. The molecule has 1 aliphatic rings. The summed E-state index contributed by atoms with van der Waals surface area (Å²) in [6, 6.07) is 16.0. The number of aryl methyl sites for hydroxylation is 1. The summed E-state index contributed by atoms with van der Waals surface area (Å²) in [5.74, 6) is 0.0388. The summed E-state index contributed by atoms with van der Waals surface area (Å²) >= 11 is 0. The van der Waals surface area contributed by atoms with E-state index in [4.69, 9.17) is 0 Å². The number of carbonyl (C=O) groups is 1. The average Bonchev–Trinajstić information content (AvgIpc) is 3.44. The molecule has 31 heavy (non-hydrogen) atoms. The summed E-state index contributed by atoms with van der Waals surface area (Å²) in [4.78, 5) is 15.4. The number of hydrogen-bond acceptors (Lipinski definition) is 5. The molecule has 0 saturated carbocycles. The maximum atomic E-state index is 13.0. The Morgan fingerprint density at radius 3 is 2.97 bits per heavy atom. The SMILES string of the molecule is Cn1cc(CN2CCCC(C(=O)Nc3cccc(-n4cnnn4)c3)C2)c2ccccc21. The smallest absolute Gasteiger partial charge is 0.228 e. The highest BCUT2D eigenvalue weighted by molar-refractivity contribution is 5.93. The summed E-state index contributed by atoms with van der Waals surface area (Å²) < 4.78 is 3.75. The highest BCUT2D eigenvalue weighted by atomic mass is 16.1. The van der Waals surface area contributed by atoms with Crippen molar-refractivity contribution in [2.75, 3.05) is 18.4 Å². The van der Waals surface area contributed by atoms with Crippen LogP contribution in [0.15, 0.2) is 61.1 Å². The van der Waals surface area contributed by atoms with Gasteiger partial charge in [0.1, 0.15) is 6.33 Å². The van der Waals surface area contributed by atoms with Gasteiger partial charge >= 0.3 is 0 Å². The van der Waals surface area contributed by atoms with Gasteiger partial charge in [0.05, 0.1) is 11.6 Å². The van der Waals surface area contributed by atoms with Gasteiger partial charge in [-0.05, 0) is 59.6 Å². The lowest BCUT2D eigenvalue weighted by Crippen LogP contribution is -2.40. The largest absolute Gasteiger partial charge is 0.350 e. The van der Waals surface area contributed by atoms with Crippen molar-refractivity contribution in [1.29, 1.82) is 0 Å². The number of nitrogens with zero attached hydrogens (tertiary/aromatic N) is 6. The molecule has 2 aromatic heterocycles. The van der Waals surface area contributed by atoms with Gasteiger partial charge in [-0.3, -0.25) is 9.69 Å². The third-order valence-corrected chi connectivity index (χ3v) is 5.98. The van der Waals surface area contributed by atoms with Crippen molar-refractivity contribution in [2.24, 2.45) is 13.0 Å². The molecule has 3 heterocycles. The normalized spacial score (nSPS) is 17.1. The number of para-hydroxylation sites is 1. The number of rotatable bonds is 5. The van der Waals surface area contributed by atoms with E-state index >= 15 is 0 Å². The van der Waals surface area contributed by atoms with Crippen molar-refractivity contribution in [3.63, 3.8) is 0 Å². The second-order valence-corrected chi connectivity index (χ2v) is 8.15. The maximum absolute atomic E-state index is 13.0. The molecule has 158 valence electrons. The van der Waals surface area contributed by atoms with Crippen LogP contribution in [-0.2, 0) is 18.4 Å². The Labute approximate surface area is 180 Å². The van der Waals surface area contributed by atoms with Crippen LogP contribution in [0, 0.1) is 5.92 Å². The monoisotopic (exact) mass is 415 g/mol. The topological polar surface area (TPSA) is 80.9 Å². The van der Waals surface area contributed by atoms with E-state index in [0.717, 1.165) is 43.9 Å². The lowest BCUT2D eigenvalue weighted by Gasteiger charge is -2.31. The van der Waals surface area contributed by atoms with Crippen molar-refractivity contribution in [3.8, 4) is 5.69 Å². The third kappa shape index (κ3) is 4.06. The first kappa shape index (κ1) is 19.4. The summed E-state index contributed by atoms with van der Waals surface area (Å²) in [5.41, 5.74) is 4.12. The predicted octanol–water partition coefficient (Wildman–Crippen LogP) is 3.00. The molecule has 8 nitrogen and oxygen atoms in total. The Balaban J connectivity index is 1.26.